The minimum atomic E-state index is 0.688. The van der Waals surface area contributed by atoms with Gasteiger partial charge < -0.3 is 15.1 Å². The second-order valence-corrected chi connectivity index (χ2v) is 8.85. The van der Waals surface area contributed by atoms with E-state index >= 15 is 0 Å². The Morgan fingerprint density at radius 2 is 1.88 bits per heavy atom. The molecule has 1 aromatic carbocycles. The summed E-state index contributed by atoms with van der Waals surface area (Å²) in [5.74, 6) is 0.834. The van der Waals surface area contributed by atoms with Crippen LogP contribution in [0.1, 0.15) is 51.0 Å². The lowest BCUT2D eigenvalue weighted by Crippen LogP contribution is -2.51. The van der Waals surface area contributed by atoms with Gasteiger partial charge in [-0.25, -0.2) is 0 Å². The first kappa shape index (κ1) is 19.9. The molecule has 3 rings (SSSR count). The molecule has 0 amide bonds. The number of hydrogen-bond acceptors (Lipinski definition) is 2. The first-order valence-electron chi connectivity index (χ1n) is 10.0. The van der Waals surface area contributed by atoms with Crippen LogP contribution in [0, 0.1) is 12.8 Å². The molecule has 3 nitrogen and oxygen atoms in total. The van der Waals surface area contributed by atoms with E-state index in [0.29, 0.717) is 6.04 Å². The van der Waals surface area contributed by atoms with E-state index in [2.05, 4.69) is 29.1 Å². The van der Waals surface area contributed by atoms with Gasteiger partial charge in [-0.05, 0) is 75.5 Å². The number of hydrogen-bond donors (Lipinski definition) is 1. The molecule has 1 heterocycles. The summed E-state index contributed by atoms with van der Waals surface area (Å²) >= 11 is 11.9. The van der Waals surface area contributed by atoms with Crippen LogP contribution in [0.5, 0.6) is 0 Å². The molecule has 1 aliphatic heterocycles. The molecule has 26 heavy (non-hydrogen) atoms. The molecule has 1 saturated heterocycles. The Morgan fingerprint density at radius 1 is 1.19 bits per heavy atom. The fourth-order valence-electron chi connectivity index (χ4n) is 4.59. The van der Waals surface area contributed by atoms with Gasteiger partial charge in [0.2, 0.25) is 0 Å². The van der Waals surface area contributed by atoms with E-state index in [1.165, 1.54) is 38.5 Å². The van der Waals surface area contributed by atoms with E-state index in [4.69, 9.17) is 23.8 Å². The number of halogens is 1. The molecule has 1 aromatic rings. The van der Waals surface area contributed by atoms with Crippen molar-refractivity contribution in [2.75, 3.05) is 25.5 Å². The standard InChI is InChI=1S/C21H32ClN3S/c1-15-7-4-5-10-20(15)24(3)17-11-13-25(14-12-17)21(26)23-19-9-6-8-18(22)16(19)2/h6,8-9,15,17,20H,4-5,7,10-14H2,1-3H3,(H,23,26)/t15-,20-/m0/s1. The van der Waals surface area contributed by atoms with Crippen molar-refractivity contribution in [2.24, 2.45) is 5.92 Å². The summed E-state index contributed by atoms with van der Waals surface area (Å²) < 4.78 is 0. The number of rotatable bonds is 3. The van der Waals surface area contributed by atoms with Crippen LogP contribution >= 0.6 is 23.8 Å². The topological polar surface area (TPSA) is 18.5 Å². The fraction of sp³-hybridized carbons (Fsp3) is 0.667. The highest BCUT2D eigenvalue weighted by Gasteiger charge is 2.31. The Hall–Kier alpha value is -0.840. The number of thiocarbonyl (C=S) groups is 1. The Morgan fingerprint density at radius 3 is 2.58 bits per heavy atom. The Bertz CT molecular complexity index is 628. The van der Waals surface area contributed by atoms with Crippen molar-refractivity contribution in [3.05, 3.63) is 28.8 Å². The van der Waals surface area contributed by atoms with Gasteiger partial charge in [0, 0.05) is 35.9 Å². The summed E-state index contributed by atoms with van der Waals surface area (Å²) in [6, 6.07) is 7.37. The number of anilines is 1. The largest absolute Gasteiger partial charge is 0.349 e. The molecule has 2 atom stereocenters. The highest BCUT2D eigenvalue weighted by atomic mass is 35.5. The Kier molecular flexibility index (Phi) is 6.81. The van der Waals surface area contributed by atoms with Crippen LogP contribution in [0.4, 0.5) is 5.69 Å². The van der Waals surface area contributed by atoms with E-state index < -0.39 is 0 Å². The van der Waals surface area contributed by atoms with Crippen LogP contribution in [-0.4, -0.2) is 47.1 Å². The molecule has 2 aliphatic rings. The van der Waals surface area contributed by atoms with Gasteiger partial charge in [-0.1, -0.05) is 37.4 Å². The summed E-state index contributed by atoms with van der Waals surface area (Å²) in [6.07, 6.45) is 7.94. The molecule has 0 bridgehead atoms. The van der Waals surface area contributed by atoms with Crippen molar-refractivity contribution in [1.29, 1.82) is 0 Å². The molecular formula is C21H32ClN3S. The van der Waals surface area contributed by atoms with Crippen molar-refractivity contribution in [2.45, 2.75) is 64.5 Å². The highest BCUT2D eigenvalue weighted by Crippen LogP contribution is 2.31. The summed E-state index contributed by atoms with van der Waals surface area (Å²) in [5.41, 5.74) is 2.06. The van der Waals surface area contributed by atoms with E-state index in [-0.39, 0.29) is 0 Å². The number of nitrogens with zero attached hydrogens (tertiary/aromatic N) is 2. The van der Waals surface area contributed by atoms with Crippen LogP contribution < -0.4 is 5.32 Å². The summed E-state index contributed by atoms with van der Waals surface area (Å²) in [5, 5.41) is 4.99. The lowest BCUT2D eigenvalue weighted by atomic mass is 9.84. The van der Waals surface area contributed by atoms with E-state index in [1.54, 1.807) is 0 Å². The molecular weight excluding hydrogens is 362 g/mol. The number of likely N-dealkylation sites (tertiary alicyclic amines) is 1. The first-order valence-corrected chi connectivity index (χ1v) is 10.8. The predicted molar refractivity (Wildman–Crippen MR) is 116 cm³/mol. The minimum absolute atomic E-state index is 0.688. The van der Waals surface area contributed by atoms with Crippen molar-refractivity contribution in [3.63, 3.8) is 0 Å². The second kappa shape index (κ2) is 8.90. The molecule has 0 unspecified atom stereocenters. The smallest absolute Gasteiger partial charge is 0.173 e. The Balaban J connectivity index is 1.53. The van der Waals surface area contributed by atoms with Crippen molar-refractivity contribution >= 4 is 34.6 Å². The molecule has 1 aliphatic carbocycles. The van der Waals surface area contributed by atoms with Gasteiger partial charge >= 0.3 is 0 Å². The van der Waals surface area contributed by atoms with Gasteiger partial charge in [0.1, 0.15) is 0 Å². The monoisotopic (exact) mass is 393 g/mol. The van der Waals surface area contributed by atoms with Crippen molar-refractivity contribution in [1.82, 2.24) is 9.80 Å². The summed E-state index contributed by atoms with van der Waals surface area (Å²) in [4.78, 5) is 4.99. The average molecular weight is 394 g/mol. The van der Waals surface area contributed by atoms with Crippen LogP contribution in [0.25, 0.3) is 0 Å². The maximum Gasteiger partial charge on any atom is 0.173 e. The van der Waals surface area contributed by atoms with Crippen LogP contribution in [0.2, 0.25) is 5.02 Å². The van der Waals surface area contributed by atoms with E-state index in [9.17, 15) is 0 Å². The summed E-state index contributed by atoms with van der Waals surface area (Å²) in [7, 11) is 2.35. The normalized spacial score (nSPS) is 24.7. The van der Waals surface area contributed by atoms with Gasteiger partial charge in [-0.2, -0.15) is 0 Å². The van der Waals surface area contributed by atoms with Gasteiger partial charge in [0.15, 0.2) is 5.11 Å². The zero-order chi connectivity index (χ0) is 18.7. The van der Waals surface area contributed by atoms with E-state index in [1.807, 2.05) is 25.1 Å². The summed E-state index contributed by atoms with van der Waals surface area (Å²) in [6.45, 7) is 6.52. The van der Waals surface area contributed by atoms with Crippen LogP contribution in [0.15, 0.2) is 18.2 Å². The first-order chi connectivity index (χ1) is 12.5. The zero-order valence-electron chi connectivity index (χ0n) is 16.3. The van der Waals surface area contributed by atoms with Crippen LogP contribution in [0.3, 0.4) is 0 Å². The zero-order valence-corrected chi connectivity index (χ0v) is 17.9. The van der Waals surface area contributed by atoms with Crippen molar-refractivity contribution in [3.8, 4) is 0 Å². The SMILES string of the molecule is Cc1c(Cl)cccc1NC(=S)N1CCC(N(C)[C@H]2CCCC[C@@H]2C)CC1. The van der Waals surface area contributed by atoms with Gasteiger partial charge in [-0.15, -0.1) is 0 Å². The molecule has 5 heteroatoms. The molecule has 0 radical (unpaired) electrons. The van der Waals surface area contributed by atoms with Gasteiger partial charge in [-0.3, -0.25) is 0 Å². The van der Waals surface area contributed by atoms with Crippen molar-refractivity contribution < 1.29 is 0 Å². The molecule has 144 valence electrons. The molecule has 2 fully saturated rings. The highest BCUT2D eigenvalue weighted by molar-refractivity contribution is 7.80. The lowest BCUT2D eigenvalue weighted by molar-refractivity contribution is 0.0691. The molecule has 1 N–H and O–H groups in total. The predicted octanol–water partition coefficient (Wildman–Crippen LogP) is 5.32. The molecule has 1 saturated carbocycles. The third-order valence-corrected chi connectivity index (χ3v) is 7.20. The number of benzene rings is 1. The third-order valence-electron chi connectivity index (χ3n) is 6.43. The lowest BCUT2D eigenvalue weighted by Gasteiger charge is -2.44. The van der Waals surface area contributed by atoms with Gasteiger partial charge in [0.25, 0.3) is 0 Å². The molecule has 0 aromatic heterocycles. The fourth-order valence-corrected chi connectivity index (χ4v) is 5.05. The minimum Gasteiger partial charge on any atom is -0.349 e. The quantitative estimate of drug-likeness (QED) is 0.700. The van der Waals surface area contributed by atoms with E-state index in [0.717, 1.165) is 46.4 Å². The number of nitrogens with one attached hydrogen (secondary N) is 1. The van der Waals surface area contributed by atoms with Gasteiger partial charge in [0.05, 0.1) is 0 Å². The third kappa shape index (κ3) is 4.52. The Labute approximate surface area is 169 Å². The maximum atomic E-state index is 6.22. The second-order valence-electron chi connectivity index (χ2n) is 8.06. The average Bonchev–Trinajstić information content (AvgIpc) is 2.65. The molecule has 0 spiro atoms. The maximum absolute atomic E-state index is 6.22. The van der Waals surface area contributed by atoms with Crippen LogP contribution in [-0.2, 0) is 0 Å². The number of piperidine rings is 1.